The molecular formula is C8H17BrN2. The van der Waals surface area contributed by atoms with Crippen molar-refractivity contribution in [3.63, 3.8) is 0 Å². The van der Waals surface area contributed by atoms with Gasteiger partial charge in [0.2, 0.25) is 0 Å². The largest absolute Gasteiger partial charge is 1.00 e. The molecule has 0 aromatic carbocycles. The number of rotatable bonds is 4. The van der Waals surface area contributed by atoms with Crippen LogP contribution in [0, 0.1) is 11.3 Å². The smallest absolute Gasteiger partial charge is 0.0916 e. The van der Waals surface area contributed by atoms with Crippen LogP contribution in [0.2, 0.25) is 0 Å². The van der Waals surface area contributed by atoms with Crippen LogP contribution >= 0.6 is 0 Å². The van der Waals surface area contributed by atoms with Gasteiger partial charge in [0, 0.05) is 0 Å². The maximum absolute atomic E-state index is 8.36. The van der Waals surface area contributed by atoms with Crippen molar-refractivity contribution >= 4 is 0 Å². The van der Waals surface area contributed by atoms with Gasteiger partial charge in [-0.3, -0.25) is 0 Å². The summed E-state index contributed by atoms with van der Waals surface area (Å²) < 4.78 is 1.02. The Hall–Kier alpha value is -0.0700. The lowest BCUT2D eigenvalue weighted by Gasteiger charge is -2.30. The summed E-state index contributed by atoms with van der Waals surface area (Å²) in [4.78, 5) is 0. The van der Waals surface area contributed by atoms with E-state index in [4.69, 9.17) is 5.26 Å². The maximum atomic E-state index is 8.36. The van der Waals surface area contributed by atoms with E-state index >= 15 is 0 Å². The van der Waals surface area contributed by atoms with Crippen molar-refractivity contribution in [2.45, 2.75) is 20.3 Å². The van der Waals surface area contributed by atoms with Gasteiger partial charge in [0.15, 0.2) is 0 Å². The molecule has 11 heavy (non-hydrogen) atoms. The molecule has 0 aromatic heterocycles. The van der Waals surface area contributed by atoms with Crippen molar-refractivity contribution in [1.82, 2.24) is 0 Å². The van der Waals surface area contributed by atoms with Crippen LogP contribution in [0.25, 0.3) is 0 Å². The lowest BCUT2D eigenvalue weighted by atomic mass is 10.3. The zero-order chi connectivity index (χ0) is 8.04. The van der Waals surface area contributed by atoms with Gasteiger partial charge in [-0.1, -0.05) is 0 Å². The van der Waals surface area contributed by atoms with Gasteiger partial charge in [0.05, 0.1) is 39.2 Å². The Labute approximate surface area is 80.2 Å². The molecule has 0 rings (SSSR count). The van der Waals surface area contributed by atoms with Crippen LogP contribution in [0.3, 0.4) is 0 Å². The van der Waals surface area contributed by atoms with Crippen molar-refractivity contribution in [1.29, 1.82) is 5.26 Å². The van der Waals surface area contributed by atoms with Crippen LogP contribution in [-0.2, 0) is 0 Å². The highest BCUT2D eigenvalue weighted by Gasteiger charge is 2.14. The molecule has 0 aromatic rings. The summed E-state index contributed by atoms with van der Waals surface area (Å²) >= 11 is 0. The highest BCUT2D eigenvalue weighted by atomic mass is 79.9. The number of halogens is 1. The number of nitrogens with zero attached hydrogens (tertiary/aromatic N) is 2. The molecule has 0 atom stereocenters. The summed E-state index contributed by atoms with van der Waals surface area (Å²) in [7, 11) is 2.19. The number of hydrogen-bond acceptors (Lipinski definition) is 1. The summed E-state index contributed by atoms with van der Waals surface area (Å²) in [5.74, 6) is 0. The second-order valence-corrected chi connectivity index (χ2v) is 2.88. The Morgan fingerprint density at radius 1 is 1.27 bits per heavy atom. The third-order valence-corrected chi connectivity index (χ3v) is 2.29. The lowest BCUT2D eigenvalue weighted by molar-refractivity contribution is -0.905. The molecule has 0 aliphatic rings. The van der Waals surface area contributed by atoms with Gasteiger partial charge in [-0.05, 0) is 13.8 Å². The molecule has 0 bridgehead atoms. The summed E-state index contributed by atoms with van der Waals surface area (Å²) in [5.41, 5.74) is 0. The fraction of sp³-hybridized carbons (Fsp3) is 0.875. The zero-order valence-corrected chi connectivity index (χ0v) is 9.19. The molecule has 66 valence electrons. The Bertz CT molecular complexity index is 125. The van der Waals surface area contributed by atoms with Gasteiger partial charge in [0.25, 0.3) is 0 Å². The quantitative estimate of drug-likeness (QED) is 0.524. The van der Waals surface area contributed by atoms with Crippen LogP contribution in [-0.4, -0.2) is 31.2 Å². The van der Waals surface area contributed by atoms with Gasteiger partial charge < -0.3 is 21.5 Å². The first-order chi connectivity index (χ1) is 4.68. The molecule has 2 nitrogen and oxygen atoms in total. The van der Waals surface area contributed by atoms with Crippen molar-refractivity contribution < 1.29 is 21.5 Å². The third-order valence-electron chi connectivity index (χ3n) is 2.29. The molecule has 0 spiro atoms. The van der Waals surface area contributed by atoms with E-state index in [-0.39, 0.29) is 17.0 Å². The fourth-order valence-corrected chi connectivity index (χ4v) is 0.860. The van der Waals surface area contributed by atoms with E-state index in [0.29, 0.717) is 6.42 Å². The molecular weight excluding hydrogens is 204 g/mol. The van der Waals surface area contributed by atoms with E-state index in [2.05, 4.69) is 27.0 Å². The monoisotopic (exact) mass is 220 g/mol. The number of nitriles is 1. The standard InChI is InChI=1S/C8H17N2.BrH/c1-4-10(3,5-2)8-6-7-9;/h4-6,8H2,1-3H3;1H/q+1;/p-1. The van der Waals surface area contributed by atoms with E-state index in [9.17, 15) is 0 Å². The summed E-state index contributed by atoms with van der Waals surface area (Å²) in [5, 5.41) is 8.36. The van der Waals surface area contributed by atoms with Crippen LogP contribution in [0.5, 0.6) is 0 Å². The Kier molecular flexibility index (Phi) is 8.14. The fourth-order valence-electron chi connectivity index (χ4n) is 0.860. The molecule has 3 heteroatoms. The van der Waals surface area contributed by atoms with E-state index in [0.717, 1.165) is 24.1 Å². The van der Waals surface area contributed by atoms with Crippen LogP contribution in [0.4, 0.5) is 0 Å². The Morgan fingerprint density at radius 2 is 1.73 bits per heavy atom. The van der Waals surface area contributed by atoms with Gasteiger partial charge in [0.1, 0.15) is 0 Å². The summed E-state index contributed by atoms with van der Waals surface area (Å²) in [6, 6.07) is 2.18. The zero-order valence-electron chi connectivity index (χ0n) is 7.60. The first-order valence-electron chi connectivity index (χ1n) is 3.89. The molecule has 0 fully saturated rings. The molecule has 0 aliphatic carbocycles. The molecule has 0 heterocycles. The van der Waals surface area contributed by atoms with Crippen LogP contribution in [0.1, 0.15) is 20.3 Å². The average Bonchev–Trinajstić information content (AvgIpc) is 2.00. The molecule has 0 saturated carbocycles. The second-order valence-electron chi connectivity index (χ2n) is 2.88. The highest BCUT2D eigenvalue weighted by molar-refractivity contribution is 4.67. The first kappa shape index (κ1) is 13.5. The summed E-state index contributed by atoms with van der Waals surface area (Å²) in [6.07, 6.45) is 0.679. The van der Waals surface area contributed by atoms with Gasteiger partial charge in [-0.25, -0.2) is 0 Å². The SMILES string of the molecule is CC[N+](C)(CC)CCC#N.[Br-]. The normalized spacial score (nSPS) is 10.0. The number of quaternary nitrogens is 1. The van der Waals surface area contributed by atoms with Crippen molar-refractivity contribution in [2.24, 2.45) is 0 Å². The van der Waals surface area contributed by atoms with Gasteiger partial charge >= 0.3 is 0 Å². The van der Waals surface area contributed by atoms with Crippen LogP contribution in [0.15, 0.2) is 0 Å². The second kappa shape index (κ2) is 6.63. The highest BCUT2D eigenvalue weighted by Crippen LogP contribution is 2.01. The maximum Gasteiger partial charge on any atom is 0.0916 e. The predicted octanol–water partition coefficient (Wildman–Crippen LogP) is -1.61. The molecule has 0 amide bonds. The number of hydrogen-bond donors (Lipinski definition) is 0. The molecule has 0 N–H and O–H groups in total. The van der Waals surface area contributed by atoms with E-state index in [1.807, 2.05) is 0 Å². The molecule has 0 unspecified atom stereocenters. The van der Waals surface area contributed by atoms with E-state index in [1.54, 1.807) is 0 Å². The molecule has 0 radical (unpaired) electrons. The van der Waals surface area contributed by atoms with Gasteiger partial charge in [-0.15, -0.1) is 0 Å². The van der Waals surface area contributed by atoms with Crippen molar-refractivity contribution in [3.05, 3.63) is 0 Å². The van der Waals surface area contributed by atoms with Crippen molar-refractivity contribution in [2.75, 3.05) is 26.7 Å². The van der Waals surface area contributed by atoms with Gasteiger partial charge in [-0.2, -0.15) is 5.26 Å². The first-order valence-corrected chi connectivity index (χ1v) is 3.89. The summed E-state index contributed by atoms with van der Waals surface area (Å²) in [6.45, 7) is 7.57. The Balaban J connectivity index is 0. The Morgan fingerprint density at radius 3 is 2.00 bits per heavy atom. The molecule has 0 aliphatic heterocycles. The minimum atomic E-state index is 0. The minimum Gasteiger partial charge on any atom is -1.00 e. The molecule has 0 saturated heterocycles. The van der Waals surface area contributed by atoms with Crippen LogP contribution < -0.4 is 17.0 Å². The third kappa shape index (κ3) is 5.23. The topological polar surface area (TPSA) is 23.8 Å². The average molecular weight is 221 g/mol. The van der Waals surface area contributed by atoms with Crippen molar-refractivity contribution in [3.8, 4) is 6.07 Å². The predicted molar refractivity (Wildman–Crippen MR) is 42.4 cm³/mol. The minimum absolute atomic E-state index is 0. The lowest BCUT2D eigenvalue weighted by Crippen LogP contribution is -3.00. The van der Waals surface area contributed by atoms with E-state index in [1.165, 1.54) is 0 Å². The van der Waals surface area contributed by atoms with E-state index < -0.39 is 0 Å².